The summed E-state index contributed by atoms with van der Waals surface area (Å²) in [4.78, 5) is 23.0. The summed E-state index contributed by atoms with van der Waals surface area (Å²) in [5.74, 6) is -1.64. The van der Waals surface area contributed by atoms with Gasteiger partial charge in [-0.15, -0.1) is 0 Å². The molecule has 0 aliphatic carbocycles. The van der Waals surface area contributed by atoms with Crippen molar-refractivity contribution in [3.8, 4) is 0 Å². The van der Waals surface area contributed by atoms with E-state index in [2.05, 4.69) is 0 Å². The Bertz CT molecular complexity index is 833. The molecule has 2 aliphatic rings. The third kappa shape index (κ3) is 1.99. The molecule has 0 amide bonds. The van der Waals surface area contributed by atoms with Gasteiger partial charge in [0.15, 0.2) is 11.9 Å². The number of ether oxygens (including phenoxy) is 3. The Balaban J connectivity index is 1.77. The number of carbonyl (C=O) groups is 1. The zero-order valence-electron chi connectivity index (χ0n) is 12.7. The van der Waals surface area contributed by atoms with Gasteiger partial charge in [-0.05, 0) is 17.7 Å². The number of nitro groups is 1. The second-order valence-corrected chi connectivity index (χ2v) is 5.60. The number of carbonyl (C=O) groups excluding carboxylic acids is 1. The van der Waals surface area contributed by atoms with Crippen molar-refractivity contribution in [3.63, 3.8) is 0 Å². The summed E-state index contributed by atoms with van der Waals surface area (Å²) in [6.07, 6.45) is -1.56. The summed E-state index contributed by atoms with van der Waals surface area (Å²) in [6, 6.07) is 12.9. The fraction of sp³-hybridized carbons (Fsp3) is 0.235. The van der Waals surface area contributed by atoms with Crippen LogP contribution < -0.4 is 0 Å². The molecule has 4 rings (SSSR count). The molecule has 3 atom stereocenters. The second-order valence-electron chi connectivity index (χ2n) is 5.60. The van der Waals surface area contributed by atoms with Crippen molar-refractivity contribution in [1.29, 1.82) is 0 Å². The van der Waals surface area contributed by atoms with Crippen molar-refractivity contribution in [3.05, 3.63) is 75.3 Å². The first-order valence-electron chi connectivity index (χ1n) is 7.34. The lowest BCUT2D eigenvalue weighted by molar-refractivity contribution is -0.384. The molecule has 0 N–H and O–H groups in total. The van der Waals surface area contributed by atoms with Crippen molar-refractivity contribution in [1.82, 2.24) is 0 Å². The van der Waals surface area contributed by atoms with Gasteiger partial charge in [-0.25, -0.2) is 0 Å². The summed E-state index contributed by atoms with van der Waals surface area (Å²) in [6.45, 7) is 0. The number of rotatable bonds is 3. The quantitative estimate of drug-likeness (QED) is 0.636. The Hall–Kier alpha value is -2.61. The van der Waals surface area contributed by atoms with Gasteiger partial charge in [-0.1, -0.05) is 24.3 Å². The van der Waals surface area contributed by atoms with Gasteiger partial charge < -0.3 is 14.2 Å². The molecule has 2 bridgehead atoms. The molecule has 0 unspecified atom stereocenters. The van der Waals surface area contributed by atoms with E-state index in [9.17, 15) is 14.9 Å². The fourth-order valence-corrected chi connectivity index (χ4v) is 3.16. The predicted octanol–water partition coefficient (Wildman–Crippen LogP) is 2.70. The van der Waals surface area contributed by atoms with Crippen LogP contribution in [0.5, 0.6) is 0 Å². The van der Waals surface area contributed by atoms with E-state index in [-0.39, 0.29) is 11.5 Å². The summed E-state index contributed by atoms with van der Waals surface area (Å²) in [5.41, 5.74) is 1.61. The van der Waals surface area contributed by atoms with Crippen molar-refractivity contribution in [2.24, 2.45) is 0 Å². The molecule has 0 saturated carbocycles. The Kier molecular flexibility index (Phi) is 3.24. The summed E-state index contributed by atoms with van der Waals surface area (Å²) < 4.78 is 17.2. The number of nitro benzene ring substituents is 1. The van der Waals surface area contributed by atoms with Gasteiger partial charge in [0.2, 0.25) is 0 Å². The van der Waals surface area contributed by atoms with Gasteiger partial charge in [-0.2, -0.15) is 0 Å². The molecule has 2 aromatic rings. The van der Waals surface area contributed by atoms with E-state index < -0.39 is 23.1 Å². The minimum absolute atomic E-state index is 0.0308. The number of methoxy groups -OCH3 is 1. The van der Waals surface area contributed by atoms with E-state index in [1.54, 1.807) is 36.4 Å². The average Bonchev–Trinajstić information content (AvgIpc) is 2.98. The van der Waals surface area contributed by atoms with Crippen LogP contribution in [0.2, 0.25) is 0 Å². The van der Waals surface area contributed by atoms with Crippen LogP contribution in [0.4, 0.5) is 5.69 Å². The van der Waals surface area contributed by atoms with Gasteiger partial charge in [0.1, 0.15) is 6.10 Å². The van der Waals surface area contributed by atoms with E-state index in [1.807, 2.05) is 0 Å². The lowest BCUT2D eigenvalue weighted by Crippen LogP contribution is -2.39. The molecule has 122 valence electrons. The molecule has 2 aromatic carbocycles. The molecule has 7 heteroatoms. The smallest absolute Gasteiger partial charge is 0.313 e. The maximum Gasteiger partial charge on any atom is 0.313 e. The van der Waals surface area contributed by atoms with Crippen LogP contribution in [-0.4, -0.2) is 23.9 Å². The number of ketones is 1. The molecule has 0 spiro atoms. The molecule has 0 radical (unpaired) electrons. The Morgan fingerprint density at radius 3 is 2.42 bits per heavy atom. The van der Waals surface area contributed by atoms with Crippen LogP contribution in [0.1, 0.15) is 27.6 Å². The highest BCUT2D eigenvalue weighted by atomic mass is 16.9. The largest absolute Gasteiger partial charge is 0.327 e. The topological polar surface area (TPSA) is 87.9 Å². The number of non-ortho nitro benzene ring substituents is 1. The summed E-state index contributed by atoms with van der Waals surface area (Å²) >= 11 is 0. The third-order valence-electron chi connectivity index (χ3n) is 4.32. The number of nitrogens with zero attached hydrogens (tertiary/aromatic N) is 1. The van der Waals surface area contributed by atoms with E-state index in [0.29, 0.717) is 16.7 Å². The van der Waals surface area contributed by atoms with E-state index >= 15 is 0 Å². The van der Waals surface area contributed by atoms with Crippen molar-refractivity contribution in [2.75, 3.05) is 7.11 Å². The van der Waals surface area contributed by atoms with E-state index in [1.165, 1.54) is 19.2 Å². The highest BCUT2D eigenvalue weighted by Gasteiger charge is 2.58. The Labute approximate surface area is 136 Å². The molecule has 24 heavy (non-hydrogen) atoms. The van der Waals surface area contributed by atoms with Gasteiger partial charge >= 0.3 is 5.97 Å². The van der Waals surface area contributed by atoms with E-state index in [0.717, 1.165) is 0 Å². The van der Waals surface area contributed by atoms with Gasteiger partial charge in [0.25, 0.3) is 5.69 Å². The fourth-order valence-electron chi connectivity index (χ4n) is 3.16. The highest BCUT2D eigenvalue weighted by molar-refractivity contribution is 6.02. The molecule has 0 aromatic heterocycles. The predicted molar refractivity (Wildman–Crippen MR) is 81.3 cm³/mol. The average molecular weight is 327 g/mol. The zero-order chi connectivity index (χ0) is 16.9. The van der Waals surface area contributed by atoms with Gasteiger partial charge in [0, 0.05) is 24.8 Å². The first-order valence-corrected chi connectivity index (χ1v) is 7.34. The number of hydrogen-bond acceptors (Lipinski definition) is 6. The molecule has 1 saturated heterocycles. The molecule has 2 aliphatic heterocycles. The Morgan fingerprint density at radius 1 is 1.08 bits per heavy atom. The third-order valence-corrected chi connectivity index (χ3v) is 4.32. The van der Waals surface area contributed by atoms with Gasteiger partial charge in [-0.3, -0.25) is 14.9 Å². The van der Waals surface area contributed by atoms with Crippen molar-refractivity contribution >= 4 is 11.5 Å². The lowest BCUT2D eigenvalue weighted by atomic mass is 9.93. The zero-order valence-corrected chi connectivity index (χ0v) is 12.7. The molecular weight excluding hydrogens is 314 g/mol. The maximum absolute atomic E-state index is 12.7. The molecule has 2 heterocycles. The van der Waals surface area contributed by atoms with Gasteiger partial charge in [0.05, 0.1) is 10.5 Å². The monoisotopic (exact) mass is 327 g/mol. The Morgan fingerprint density at radius 2 is 1.75 bits per heavy atom. The lowest BCUT2D eigenvalue weighted by Gasteiger charge is -2.30. The van der Waals surface area contributed by atoms with Crippen LogP contribution in [0, 0.1) is 10.1 Å². The SMILES string of the molecule is CO[C@]12O[C@H](C(=O)c3ccccc31)[C@@H](c1ccc([N+](=O)[O-])cc1)O2. The summed E-state index contributed by atoms with van der Waals surface area (Å²) in [5, 5.41) is 10.8. The summed E-state index contributed by atoms with van der Waals surface area (Å²) in [7, 11) is 1.45. The van der Waals surface area contributed by atoms with Crippen LogP contribution in [0.15, 0.2) is 48.5 Å². The number of hydrogen-bond donors (Lipinski definition) is 0. The first kappa shape index (κ1) is 14.9. The maximum atomic E-state index is 12.7. The second kappa shape index (κ2) is 5.20. The highest BCUT2D eigenvalue weighted by Crippen LogP contribution is 2.50. The molecular formula is C17H13NO6. The van der Waals surface area contributed by atoms with Crippen molar-refractivity contribution < 1.29 is 23.9 Å². The minimum atomic E-state index is -1.44. The minimum Gasteiger partial charge on any atom is -0.327 e. The standard InChI is InChI=1S/C17H13NO6/c1-22-17-13-5-3-2-4-12(13)14(19)16(24-17)15(23-17)10-6-8-11(9-7-10)18(20)21/h2-9,15-16H,1H3/t15-,16-,17-/m1/s1. The number of fused-ring (bicyclic) bond motifs is 4. The first-order chi connectivity index (χ1) is 11.6. The van der Waals surface area contributed by atoms with Crippen LogP contribution >= 0.6 is 0 Å². The van der Waals surface area contributed by atoms with Crippen LogP contribution in [-0.2, 0) is 20.2 Å². The normalized spacial score (nSPS) is 27.8. The molecule has 1 fully saturated rings. The number of benzene rings is 2. The van der Waals surface area contributed by atoms with Crippen molar-refractivity contribution in [2.45, 2.75) is 18.2 Å². The van der Waals surface area contributed by atoms with Crippen LogP contribution in [0.25, 0.3) is 0 Å². The molecule has 7 nitrogen and oxygen atoms in total. The van der Waals surface area contributed by atoms with E-state index in [4.69, 9.17) is 14.2 Å². The number of Topliss-reactive ketones (excluding diaryl/α,β-unsaturated/α-hetero) is 1. The van der Waals surface area contributed by atoms with Crippen LogP contribution in [0.3, 0.4) is 0 Å².